The molecular formula is C20H25N7O. The van der Waals surface area contributed by atoms with E-state index in [1.165, 1.54) is 5.56 Å². The number of anilines is 1. The van der Waals surface area contributed by atoms with Crippen molar-refractivity contribution in [2.24, 2.45) is 0 Å². The van der Waals surface area contributed by atoms with Gasteiger partial charge in [-0.1, -0.05) is 18.2 Å². The van der Waals surface area contributed by atoms with E-state index in [-0.39, 0.29) is 11.7 Å². The number of aryl methyl sites for hydroxylation is 1. The van der Waals surface area contributed by atoms with Gasteiger partial charge in [0.15, 0.2) is 0 Å². The maximum Gasteiger partial charge on any atom is 0.288 e. The molecule has 0 radical (unpaired) electrons. The molecule has 0 bridgehead atoms. The number of hydrogen-bond donors (Lipinski definition) is 3. The third-order valence-electron chi connectivity index (χ3n) is 5.43. The van der Waals surface area contributed by atoms with Gasteiger partial charge in [0.25, 0.3) is 5.91 Å². The Morgan fingerprint density at radius 3 is 3.00 bits per heavy atom. The Balaban J connectivity index is 1.46. The van der Waals surface area contributed by atoms with E-state index in [0.717, 1.165) is 54.0 Å². The summed E-state index contributed by atoms with van der Waals surface area (Å²) in [5, 5.41) is 14.6. The summed E-state index contributed by atoms with van der Waals surface area (Å²) in [7, 11) is 1.59. The van der Waals surface area contributed by atoms with Gasteiger partial charge in [0.1, 0.15) is 5.82 Å². The molecule has 3 N–H and O–H groups in total. The summed E-state index contributed by atoms with van der Waals surface area (Å²) in [6, 6.07) is 6.59. The normalized spacial score (nSPS) is 16.7. The molecule has 146 valence electrons. The van der Waals surface area contributed by atoms with Crippen LogP contribution >= 0.6 is 0 Å². The lowest BCUT2D eigenvalue weighted by Crippen LogP contribution is -2.33. The maximum absolute atomic E-state index is 12.0. The van der Waals surface area contributed by atoms with Gasteiger partial charge in [-0.3, -0.25) is 9.89 Å². The highest BCUT2D eigenvalue weighted by atomic mass is 16.2. The molecule has 0 saturated carbocycles. The molecule has 3 aromatic rings. The first-order valence-electron chi connectivity index (χ1n) is 9.53. The highest BCUT2D eigenvalue weighted by Gasteiger charge is 2.26. The molecular weight excluding hydrogens is 354 g/mol. The first kappa shape index (κ1) is 18.4. The van der Waals surface area contributed by atoms with Crippen LogP contribution in [-0.2, 0) is 6.54 Å². The summed E-state index contributed by atoms with van der Waals surface area (Å²) >= 11 is 0. The van der Waals surface area contributed by atoms with Crippen LogP contribution in [-0.4, -0.2) is 52.3 Å². The third kappa shape index (κ3) is 3.43. The van der Waals surface area contributed by atoms with Gasteiger partial charge in [0.05, 0.1) is 11.7 Å². The number of carbonyl (C=O) groups excluding carboxylic acids is 1. The fourth-order valence-electron chi connectivity index (χ4n) is 3.69. The molecule has 0 unspecified atom stereocenters. The Kier molecular flexibility index (Phi) is 4.95. The minimum Gasteiger partial charge on any atom is -0.355 e. The topological polar surface area (TPSA) is 98.8 Å². The minimum absolute atomic E-state index is 0.225. The van der Waals surface area contributed by atoms with Crippen LogP contribution in [0.5, 0.6) is 0 Å². The molecule has 2 aromatic heterocycles. The number of nitrogens with one attached hydrogen (secondary N) is 3. The van der Waals surface area contributed by atoms with Crippen molar-refractivity contribution in [2.45, 2.75) is 32.9 Å². The SMILES string of the molecule is CNC(=O)c1nc(C)c(C)c(N2CC[C@@H](NCc3cccc4cn[nH]c34)C2)n1. The second-order valence-electron chi connectivity index (χ2n) is 7.22. The molecule has 0 spiro atoms. The molecule has 1 aliphatic heterocycles. The lowest BCUT2D eigenvalue weighted by atomic mass is 10.1. The summed E-state index contributed by atoms with van der Waals surface area (Å²) in [6.07, 6.45) is 2.87. The van der Waals surface area contributed by atoms with E-state index in [1.807, 2.05) is 20.0 Å². The molecule has 8 heteroatoms. The number of aromatic amines is 1. The summed E-state index contributed by atoms with van der Waals surface area (Å²) in [6.45, 7) is 6.46. The first-order chi connectivity index (χ1) is 13.6. The van der Waals surface area contributed by atoms with Gasteiger partial charge in [-0.15, -0.1) is 0 Å². The van der Waals surface area contributed by atoms with Gasteiger partial charge in [0.2, 0.25) is 5.82 Å². The van der Waals surface area contributed by atoms with Gasteiger partial charge in [0, 0.05) is 49.4 Å². The Labute approximate surface area is 163 Å². The lowest BCUT2D eigenvalue weighted by Gasteiger charge is -2.21. The van der Waals surface area contributed by atoms with Crippen molar-refractivity contribution in [3.05, 3.63) is 47.0 Å². The summed E-state index contributed by atoms with van der Waals surface area (Å²) in [4.78, 5) is 23.1. The fourth-order valence-corrected chi connectivity index (χ4v) is 3.69. The lowest BCUT2D eigenvalue weighted by molar-refractivity contribution is 0.0952. The Morgan fingerprint density at radius 2 is 2.18 bits per heavy atom. The van der Waals surface area contributed by atoms with Gasteiger partial charge < -0.3 is 15.5 Å². The molecule has 1 saturated heterocycles. The van der Waals surface area contributed by atoms with Crippen molar-refractivity contribution < 1.29 is 4.79 Å². The number of para-hydroxylation sites is 1. The van der Waals surface area contributed by atoms with Crippen LogP contribution < -0.4 is 15.5 Å². The molecule has 1 amide bonds. The zero-order valence-electron chi connectivity index (χ0n) is 16.4. The Morgan fingerprint density at radius 1 is 1.32 bits per heavy atom. The van der Waals surface area contributed by atoms with Crippen molar-refractivity contribution >= 4 is 22.6 Å². The van der Waals surface area contributed by atoms with Gasteiger partial charge >= 0.3 is 0 Å². The molecule has 1 aromatic carbocycles. The van der Waals surface area contributed by atoms with Crippen LogP contribution in [0.25, 0.3) is 10.9 Å². The quantitative estimate of drug-likeness (QED) is 0.624. The van der Waals surface area contributed by atoms with Crippen molar-refractivity contribution in [2.75, 3.05) is 25.0 Å². The Hall–Kier alpha value is -3.00. The summed E-state index contributed by atoms with van der Waals surface area (Å²) < 4.78 is 0. The predicted octanol–water partition coefficient (Wildman–Crippen LogP) is 1.70. The second-order valence-corrected chi connectivity index (χ2v) is 7.22. The zero-order chi connectivity index (χ0) is 19.7. The third-order valence-corrected chi connectivity index (χ3v) is 5.43. The van der Waals surface area contributed by atoms with E-state index >= 15 is 0 Å². The maximum atomic E-state index is 12.0. The molecule has 1 fully saturated rings. The van der Waals surface area contributed by atoms with E-state index in [2.05, 4.69) is 53.9 Å². The van der Waals surface area contributed by atoms with Gasteiger partial charge in [-0.2, -0.15) is 5.10 Å². The number of amides is 1. The number of nitrogens with zero attached hydrogens (tertiary/aromatic N) is 4. The minimum atomic E-state index is -0.258. The number of rotatable bonds is 5. The van der Waals surface area contributed by atoms with Crippen LogP contribution in [0.3, 0.4) is 0 Å². The number of aromatic nitrogens is 4. The molecule has 4 rings (SSSR count). The largest absolute Gasteiger partial charge is 0.355 e. The van der Waals surface area contributed by atoms with Crippen molar-refractivity contribution in [3.8, 4) is 0 Å². The van der Waals surface area contributed by atoms with E-state index < -0.39 is 0 Å². The molecule has 1 atom stereocenters. The van der Waals surface area contributed by atoms with Crippen LogP contribution in [0.1, 0.15) is 33.9 Å². The van der Waals surface area contributed by atoms with E-state index in [1.54, 1.807) is 7.05 Å². The van der Waals surface area contributed by atoms with E-state index in [4.69, 9.17) is 0 Å². The average Bonchev–Trinajstić information content (AvgIpc) is 3.37. The highest BCUT2D eigenvalue weighted by molar-refractivity contribution is 5.90. The van der Waals surface area contributed by atoms with E-state index in [9.17, 15) is 4.79 Å². The first-order valence-corrected chi connectivity index (χ1v) is 9.53. The molecule has 0 aliphatic carbocycles. The average molecular weight is 379 g/mol. The van der Waals surface area contributed by atoms with Crippen molar-refractivity contribution in [1.82, 2.24) is 30.8 Å². The fraction of sp³-hybridized carbons (Fsp3) is 0.400. The van der Waals surface area contributed by atoms with Crippen LogP contribution in [0.2, 0.25) is 0 Å². The van der Waals surface area contributed by atoms with Crippen LogP contribution in [0, 0.1) is 13.8 Å². The van der Waals surface area contributed by atoms with Gasteiger partial charge in [-0.25, -0.2) is 9.97 Å². The van der Waals surface area contributed by atoms with Crippen LogP contribution in [0.15, 0.2) is 24.4 Å². The predicted molar refractivity (Wildman–Crippen MR) is 108 cm³/mol. The number of hydrogen-bond acceptors (Lipinski definition) is 6. The smallest absolute Gasteiger partial charge is 0.288 e. The monoisotopic (exact) mass is 379 g/mol. The van der Waals surface area contributed by atoms with Gasteiger partial charge in [-0.05, 0) is 25.8 Å². The molecule has 3 heterocycles. The zero-order valence-corrected chi connectivity index (χ0v) is 16.4. The standard InChI is InChI=1S/C20H25N7O/c1-12-13(2)24-18(20(28)21-3)25-19(12)27-8-7-16(11-27)22-9-14-5-4-6-15-10-23-26-17(14)15/h4-6,10,16,22H,7-9,11H2,1-3H3,(H,21,28)(H,23,26)/t16-/m1/s1. The summed E-state index contributed by atoms with van der Waals surface area (Å²) in [5.41, 5.74) is 4.16. The Bertz CT molecular complexity index is 1010. The van der Waals surface area contributed by atoms with Crippen LogP contribution in [0.4, 0.5) is 5.82 Å². The number of fused-ring (bicyclic) bond motifs is 1. The van der Waals surface area contributed by atoms with Crippen molar-refractivity contribution in [1.29, 1.82) is 0 Å². The second kappa shape index (κ2) is 7.55. The molecule has 1 aliphatic rings. The number of benzene rings is 1. The molecule has 8 nitrogen and oxygen atoms in total. The van der Waals surface area contributed by atoms with E-state index in [0.29, 0.717) is 6.04 Å². The summed E-state index contributed by atoms with van der Waals surface area (Å²) in [5.74, 6) is 0.819. The van der Waals surface area contributed by atoms with Crippen molar-refractivity contribution in [3.63, 3.8) is 0 Å². The number of H-pyrrole nitrogens is 1. The number of carbonyl (C=O) groups is 1. The highest BCUT2D eigenvalue weighted by Crippen LogP contribution is 2.24. The molecule has 28 heavy (non-hydrogen) atoms.